The number of carbonyl (C=O) groups is 2. The van der Waals surface area contributed by atoms with E-state index >= 15 is 0 Å². The van der Waals surface area contributed by atoms with Crippen LogP contribution in [0.25, 0.3) is 0 Å². The lowest BCUT2D eigenvalue weighted by Crippen LogP contribution is -2.42. The summed E-state index contributed by atoms with van der Waals surface area (Å²) in [5.41, 5.74) is -2.59. The zero-order valence-corrected chi connectivity index (χ0v) is 23.3. The molecule has 2 N–H and O–H groups in total. The maximum absolute atomic E-state index is 12.2. The van der Waals surface area contributed by atoms with Gasteiger partial charge in [0.2, 0.25) is 0 Å². The Morgan fingerprint density at radius 1 is 0.686 bits per heavy atom. The van der Waals surface area contributed by atoms with Crippen LogP contribution in [-0.2, 0) is 47.7 Å². The van der Waals surface area contributed by atoms with Crippen LogP contribution in [0.15, 0.2) is 0 Å². The zero-order valence-electron chi connectivity index (χ0n) is 21.6. The van der Waals surface area contributed by atoms with Gasteiger partial charge in [-0.3, -0.25) is 8.37 Å². The summed E-state index contributed by atoms with van der Waals surface area (Å²) in [4.78, 5) is 23.7. The molecule has 0 aromatic rings. The van der Waals surface area contributed by atoms with Crippen molar-refractivity contribution in [2.45, 2.75) is 86.2 Å². The van der Waals surface area contributed by atoms with E-state index in [1.54, 1.807) is 27.7 Å². The van der Waals surface area contributed by atoms with Crippen molar-refractivity contribution in [1.82, 2.24) is 0 Å². The van der Waals surface area contributed by atoms with E-state index in [0.717, 1.165) is 0 Å². The second-order valence-corrected chi connectivity index (χ2v) is 13.7. The molecule has 14 heteroatoms. The van der Waals surface area contributed by atoms with Crippen LogP contribution in [0, 0.1) is 10.8 Å². The highest BCUT2D eigenvalue weighted by Gasteiger charge is 2.38. The SMILES string of the molecule is CC(C)OC(=O)C(O)C(C)(C)COS(=O)(=O)CCCS(=O)(=O)OCC(C)(C)C(O)C(=O)OC(C)C. The van der Waals surface area contributed by atoms with Gasteiger partial charge in [0.25, 0.3) is 20.2 Å². The Hall–Kier alpha value is -1.32. The van der Waals surface area contributed by atoms with Crippen molar-refractivity contribution >= 4 is 32.2 Å². The molecule has 0 radical (unpaired) electrons. The molecule has 0 saturated carbocycles. The average molecular weight is 549 g/mol. The van der Waals surface area contributed by atoms with E-state index in [0.29, 0.717) is 0 Å². The fraction of sp³-hybridized carbons (Fsp3) is 0.905. The van der Waals surface area contributed by atoms with Crippen molar-refractivity contribution in [3.05, 3.63) is 0 Å². The van der Waals surface area contributed by atoms with Gasteiger partial charge in [-0.15, -0.1) is 0 Å². The molecule has 0 saturated heterocycles. The Morgan fingerprint density at radius 2 is 0.971 bits per heavy atom. The standard InChI is InChI=1S/C21H40O12S2/c1-14(2)32-18(24)16(22)20(5,6)12-30-34(26,27)10-9-11-35(28,29)31-13-21(7,8)17(23)19(25)33-15(3)4/h14-17,22-23H,9-13H2,1-8H3. The molecule has 0 aliphatic carbocycles. The zero-order chi connectivity index (χ0) is 27.8. The molecule has 0 amide bonds. The van der Waals surface area contributed by atoms with Gasteiger partial charge in [-0.25, -0.2) is 9.59 Å². The van der Waals surface area contributed by atoms with E-state index in [-0.39, 0.29) is 6.42 Å². The summed E-state index contributed by atoms with van der Waals surface area (Å²) in [7, 11) is -8.37. The third-order valence-corrected chi connectivity index (χ3v) is 7.17. The van der Waals surface area contributed by atoms with E-state index in [1.807, 2.05) is 0 Å². The van der Waals surface area contributed by atoms with Crippen LogP contribution < -0.4 is 0 Å². The average Bonchev–Trinajstić information content (AvgIpc) is 2.68. The normalized spacial score (nSPS) is 15.2. The first-order valence-electron chi connectivity index (χ1n) is 11.1. The summed E-state index contributed by atoms with van der Waals surface area (Å²) in [5, 5.41) is 20.2. The molecule has 0 rings (SSSR count). The second-order valence-electron chi connectivity index (χ2n) is 10.2. The smallest absolute Gasteiger partial charge is 0.335 e. The fourth-order valence-electron chi connectivity index (χ4n) is 2.40. The first kappa shape index (κ1) is 33.7. The fourth-order valence-corrected chi connectivity index (χ4v) is 4.78. The molecule has 0 aromatic heterocycles. The molecular formula is C21H40O12S2. The maximum atomic E-state index is 12.2. The quantitative estimate of drug-likeness (QED) is 0.204. The summed E-state index contributed by atoms with van der Waals surface area (Å²) in [6.07, 6.45) is -4.56. The Morgan fingerprint density at radius 3 is 1.23 bits per heavy atom. The third-order valence-electron chi connectivity index (χ3n) is 4.64. The van der Waals surface area contributed by atoms with Crippen LogP contribution in [0.4, 0.5) is 0 Å². The summed E-state index contributed by atoms with van der Waals surface area (Å²) < 4.78 is 68.2. The van der Waals surface area contributed by atoms with Gasteiger partial charge in [0.05, 0.1) is 36.9 Å². The van der Waals surface area contributed by atoms with Crippen molar-refractivity contribution in [3.8, 4) is 0 Å². The van der Waals surface area contributed by atoms with Crippen LogP contribution in [0.5, 0.6) is 0 Å². The summed E-state index contributed by atoms with van der Waals surface area (Å²) >= 11 is 0. The van der Waals surface area contributed by atoms with Crippen LogP contribution in [-0.4, -0.2) is 88.1 Å². The van der Waals surface area contributed by atoms with Gasteiger partial charge in [0.1, 0.15) is 0 Å². The van der Waals surface area contributed by atoms with Gasteiger partial charge < -0.3 is 19.7 Å². The molecule has 0 aliphatic rings. The van der Waals surface area contributed by atoms with Gasteiger partial charge in [-0.05, 0) is 34.1 Å². The van der Waals surface area contributed by atoms with Gasteiger partial charge in [0, 0.05) is 10.8 Å². The second kappa shape index (κ2) is 13.3. The van der Waals surface area contributed by atoms with Crippen LogP contribution >= 0.6 is 0 Å². The minimum Gasteiger partial charge on any atom is -0.461 e. The predicted octanol–water partition coefficient (Wildman–Crippen LogP) is 0.747. The van der Waals surface area contributed by atoms with Crippen molar-refractivity contribution in [2.24, 2.45) is 10.8 Å². The third kappa shape index (κ3) is 13.0. The molecule has 2 atom stereocenters. The molecule has 0 bridgehead atoms. The molecule has 0 aromatic carbocycles. The molecule has 0 spiro atoms. The van der Waals surface area contributed by atoms with E-state index in [4.69, 9.17) is 17.8 Å². The molecule has 0 aliphatic heterocycles. The van der Waals surface area contributed by atoms with Crippen molar-refractivity contribution < 1.29 is 54.5 Å². The number of ether oxygens (including phenoxy) is 2. The molecule has 35 heavy (non-hydrogen) atoms. The molecule has 0 fully saturated rings. The first-order chi connectivity index (χ1) is 15.6. The number of esters is 2. The van der Waals surface area contributed by atoms with E-state index in [2.05, 4.69) is 0 Å². The minimum atomic E-state index is -4.18. The Bertz CT molecular complexity index is 831. The van der Waals surface area contributed by atoms with E-state index in [1.165, 1.54) is 27.7 Å². The summed E-state index contributed by atoms with van der Waals surface area (Å²) in [5.74, 6) is -3.16. The molecular weight excluding hydrogens is 508 g/mol. The lowest BCUT2D eigenvalue weighted by Gasteiger charge is -2.29. The minimum absolute atomic E-state index is 0.360. The number of carbonyl (C=O) groups excluding carboxylic acids is 2. The maximum Gasteiger partial charge on any atom is 0.335 e. The topological polar surface area (TPSA) is 180 Å². The Kier molecular flexibility index (Phi) is 12.8. The first-order valence-corrected chi connectivity index (χ1v) is 14.3. The van der Waals surface area contributed by atoms with Gasteiger partial charge in [0.15, 0.2) is 12.2 Å². The number of hydrogen-bond donors (Lipinski definition) is 2. The number of rotatable bonds is 16. The van der Waals surface area contributed by atoms with Crippen LogP contribution in [0.3, 0.4) is 0 Å². The molecule has 2 unspecified atom stereocenters. The van der Waals surface area contributed by atoms with Crippen molar-refractivity contribution in [1.29, 1.82) is 0 Å². The highest BCUT2D eigenvalue weighted by atomic mass is 32.2. The number of hydrogen-bond acceptors (Lipinski definition) is 12. The summed E-state index contributed by atoms with van der Waals surface area (Å²) in [6.45, 7) is 11.0. The van der Waals surface area contributed by atoms with Gasteiger partial charge in [-0.1, -0.05) is 27.7 Å². The van der Waals surface area contributed by atoms with Crippen molar-refractivity contribution in [2.75, 3.05) is 24.7 Å². The van der Waals surface area contributed by atoms with Gasteiger partial charge in [-0.2, -0.15) is 16.8 Å². The highest BCUT2D eigenvalue weighted by Crippen LogP contribution is 2.25. The number of aliphatic hydroxyl groups is 2. The van der Waals surface area contributed by atoms with Crippen LogP contribution in [0.1, 0.15) is 61.8 Å². The predicted molar refractivity (Wildman–Crippen MR) is 126 cm³/mol. The lowest BCUT2D eigenvalue weighted by atomic mass is 9.87. The van der Waals surface area contributed by atoms with Crippen molar-refractivity contribution in [3.63, 3.8) is 0 Å². The Labute approximate surface area is 208 Å². The lowest BCUT2D eigenvalue weighted by molar-refractivity contribution is -0.166. The monoisotopic (exact) mass is 548 g/mol. The van der Waals surface area contributed by atoms with Crippen LogP contribution in [0.2, 0.25) is 0 Å². The van der Waals surface area contributed by atoms with E-state index < -0.39 is 92.1 Å². The summed E-state index contributed by atoms with van der Waals surface area (Å²) in [6, 6.07) is 0. The van der Waals surface area contributed by atoms with E-state index in [9.17, 15) is 36.6 Å². The highest BCUT2D eigenvalue weighted by molar-refractivity contribution is 7.87. The Balaban J connectivity index is 4.77. The molecule has 208 valence electrons. The molecule has 0 heterocycles. The largest absolute Gasteiger partial charge is 0.461 e. The number of aliphatic hydroxyl groups excluding tert-OH is 2. The molecule has 12 nitrogen and oxygen atoms in total. The van der Waals surface area contributed by atoms with Gasteiger partial charge >= 0.3 is 11.9 Å².